The van der Waals surface area contributed by atoms with Gasteiger partial charge in [-0.25, -0.2) is 0 Å². The first-order valence-electron chi connectivity index (χ1n) is 8.29. The Morgan fingerprint density at radius 1 is 1.33 bits per heavy atom. The lowest BCUT2D eigenvalue weighted by atomic mass is 9.89. The summed E-state index contributed by atoms with van der Waals surface area (Å²) in [6.45, 7) is 8.14. The van der Waals surface area contributed by atoms with Gasteiger partial charge in [-0.3, -0.25) is 4.99 Å². The highest BCUT2D eigenvalue weighted by Crippen LogP contribution is 2.27. The molecule has 1 heterocycles. The van der Waals surface area contributed by atoms with Crippen LogP contribution in [0.15, 0.2) is 23.2 Å². The van der Waals surface area contributed by atoms with Gasteiger partial charge in [-0.1, -0.05) is 6.92 Å². The van der Waals surface area contributed by atoms with Crippen LogP contribution in [-0.4, -0.2) is 58.4 Å². The van der Waals surface area contributed by atoms with Gasteiger partial charge in [-0.05, 0) is 19.1 Å². The molecule has 1 aromatic carbocycles. The van der Waals surface area contributed by atoms with Gasteiger partial charge in [0.05, 0.1) is 34.0 Å². The van der Waals surface area contributed by atoms with E-state index in [9.17, 15) is 0 Å². The molecule has 0 aromatic heterocycles. The van der Waals surface area contributed by atoms with E-state index in [0.717, 1.165) is 49.3 Å². The van der Waals surface area contributed by atoms with Crippen LogP contribution in [-0.2, 0) is 11.3 Å². The minimum Gasteiger partial charge on any atom is -0.497 e. The molecule has 0 unspecified atom stereocenters. The lowest BCUT2D eigenvalue weighted by Crippen LogP contribution is -2.44. The van der Waals surface area contributed by atoms with E-state index in [1.54, 1.807) is 14.2 Å². The summed E-state index contributed by atoms with van der Waals surface area (Å²) in [5, 5.41) is 3.35. The zero-order valence-corrected chi connectivity index (χ0v) is 15.4. The molecule has 0 amide bonds. The van der Waals surface area contributed by atoms with Gasteiger partial charge in [0.2, 0.25) is 0 Å². The highest BCUT2D eigenvalue weighted by molar-refractivity contribution is 5.79. The van der Waals surface area contributed by atoms with Crippen molar-refractivity contribution < 1.29 is 14.2 Å². The summed E-state index contributed by atoms with van der Waals surface area (Å²) < 4.78 is 16.0. The van der Waals surface area contributed by atoms with E-state index in [0.29, 0.717) is 6.54 Å². The molecule has 0 bridgehead atoms. The molecule has 134 valence electrons. The smallest absolute Gasteiger partial charge is 0.193 e. The van der Waals surface area contributed by atoms with E-state index in [4.69, 9.17) is 19.2 Å². The van der Waals surface area contributed by atoms with Gasteiger partial charge in [0.15, 0.2) is 5.96 Å². The predicted molar refractivity (Wildman–Crippen MR) is 95.9 cm³/mol. The van der Waals surface area contributed by atoms with Crippen molar-refractivity contribution in [3.05, 3.63) is 23.8 Å². The molecule has 2 rings (SSSR count). The predicted octanol–water partition coefficient (Wildman–Crippen LogP) is 2.14. The summed E-state index contributed by atoms with van der Waals surface area (Å²) in [4.78, 5) is 6.89. The minimum absolute atomic E-state index is 0.166. The number of hydrogen-bond acceptors (Lipinski definition) is 4. The average Bonchev–Trinajstić information content (AvgIpc) is 2.57. The molecule has 1 saturated heterocycles. The Balaban J connectivity index is 2.09. The van der Waals surface area contributed by atoms with Crippen molar-refractivity contribution in [2.45, 2.75) is 20.4 Å². The second-order valence-electron chi connectivity index (χ2n) is 6.51. The number of hydrogen-bond donors (Lipinski definition) is 1. The van der Waals surface area contributed by atoms with Crippen LogP contribution < -0.4 is 14.8 Å². The first-order valence-corrected chi connectivity index (χ1v) is 8.29. The van der Waals surface area contributed by atoms with Crippen LogP contribution in [0.1, 0.15) is 19.4 Å². The van der Waals surface area contributed by atoms with Crippen molar-refractivity contribution >= 4 is 5.96 Å². The fourth-order valence-corrected chi connectivity index (χ4v) is 2.59. The maximum Gasteiger partial charge on any atom is 0.193 e. The second-order valence-corrected chi connectivity index (χ2v) is 6.51. The summed E-state index contributed by atoms with van der Waals surface area (Å²) in [7, 11) is 5.36. The molecule has 0 atom stereocenters. The molecule has 1 aliphatic heterocycles. The van der Waals surface area contributed by atoms with Crippen LogP contribution in [0.3, 0.4) is 0 Å². The van der Waals surface area contributed by atoms with Crippen molar-refractivity contribution in [2.75, 3.05) is 47.6 Å². The largest absolute Gasteiger partial charge is 0.497 e. The summed E-state index contributed by atoms with van der Waals surface area (Å²) >= 11 is 0. The molecule has 6 nitrogen and oxygen atoms in total. The molecule has 1 aromatic rings. The fraction of sp³-hybridized carbons (Fsp3) is 0.611. The third-order valence-electron chi connectivity index (χ3n) is 4.11. The minimum atomic E-state index is 0.166. The molecule has 1 aliphatic rings. The van der Waals surface area contributed by atoms with Crippen LogP contribution in [0.5, 0.6) is 11.5 Å². The van der Waals surface area contributed by atoms with E-state index in [-0.39, 0.29) is 5.41 Å². The Kier molecular flexibility index (Phi) is 6.31. The third kappa shape index (κ3) is 4.54. The maximum absolute atomic E-state index is 5.49. The van der Waals surface area contributed by atoms with Gasteiger partial charge in [-0.15, -0.1) is 0 Å². The zero-order chi connectivity index (χ0) is 17.6. The monoisotopic (exact) mass is 335 g/mol. The first-order chi connectivity index (χ1) is 11.5. The standard InChI is InChI=1S/C18H29N3O3/c1-6-19-17(20-11-18(2)12-24-13-18)21(3)10-14-7-8-15(22-4)9-16(14)23-5/h7-9H,6,10-13H2,1-5H3,(H,19,20). The van der Waals surface area contributed by atoms with Crippen LogP contribution >= 0.6 is 0 Å². The van der Waals surface area contributed by atoms with E-state index in [1.807, 2.05) is 25.2 Å². The van der Waals surface area contributed by atoms with E-state index in [2.05, 4.69) is 24.1 Å². The van der Waals surface area contributed by atoms with Gasteiger partial charge < -0.3 is 24.4 Å². The topological polar surface area (TPSA) is 55.3 Å². The molecule has 1 fully saturated rings. The van der Waals surface area contributed by atoms with Crippen molar-refractivity contribution in [1.82, 2.24) is 10.2 Å². The Bertz CT molecular complexity index is 571. The normalized spacial score (nSPS) is 16.3. The Morgan fingerprint density at radius 3 is 2.62 bits per heavy atom. The maximum atomic E-state index is 5.49. The van der Waals surface area contributed by atoms with Crippen molar-refractivity contribution in [3.8, 4) is 11.5 Å². The lowest BCUT2D eigenvalue weighted by molar-refractivity contribution is -0.0946. The molecule has 0 radical (unpaired) electrons. The van der Waals surface area contributed by atoms with Crippen LogP contribution in [0.25, 0.3) is 0 Å². The van der Waals surface area contributed by atoms with Crippen molar-refractivity contribution in [1.29, 1.82) is 0 Å². The molecule has 0 saturated carbocycles. The van der Waals surface area contributed by atoms with Gasteiger partial charge in [0.1, 0.15) is 11.5 Å². The van der Waals surface area contributed by atoms with Crippen LogP contribution in [0, 0.1) is 5.41 Å². The SMILES string of the molecule is CCNC(=NCC1(C)COC1)N(C)Cc1ccc(OC)cc1OC. The van der Waals surface area contributed by atoms with Crippen LogP contribution in [0.2, 0.25) is 0 Å². The summed E-state index contributed by atoms with van der Waals surface area (Å²) in [6, 6.07) is 5.88. The summed E-state index contributed by atoms with van der Waals surface area (Å²) in [5.41, 5.74) is 1.25. The van der Waals surface area contributed by atoms with Gasteiger partial charge >= 0.3 is 0 Å². The van der Waals surface area contributed by atoms with E-state index >= 15 is 0 Å². The molecular formula is C18H29N3O3. The van der Waals surface area contributed by atoms with Gasteiger partial charge in [-0.2, -0.15) is 0 Å². The lowest BCUT2D eigenvalue weighted by Gasteiger charge is -2.37. The molecule has 1 N–H and O–H groups in total. The molecular weight excluding hydrogens is 306 g/mol. The highest BCUT2D eigenvalue weighted by atomic mass is 16.5. The molecule has 24 heavy (non-hydrogen) atoms. The Morgan fingerprint density at radius 2 is 2.08 bits per heavy atom. The van der Waals surface area contributed by atoms with Crippen LogP contribution in [0.4, 0.5) is 0 Å². The molecule has 0 aliphatic carbocycles. The quantitative estimate of drug-likeness (QED) is 0.611. The fourth-order valence-electron chi connectivity index (χ4n) is 2.59. The van der Waals surface area contributed by atoms with Gasteiger partial charge in [0, 0.05) is 37.2 Å². The third-order valence-corrected chi connectivity index (χ3v) is 4.11. The van der Waals surface area contributed by atoms with E-state index in [1.165, 1.54) is 0 Å². The number of guanidine groups is 1. The Labute approximate surface area is 144 Å². The van der Waals surface area contributed by atoms with Crippen molar-refractivity contribution in [2.24, 2.45) is 10.4 Å². The average molecular weight is 335 g/mol. The number of nitrogens with one attached hydrogen (secondary N) is 1. The van der Waals surface area contributed by atoms with Crippen molar-refractivity contribution in [3.63, 3.8) is 0 Å². The second kappa shape index (κ2) is 8.24. The summed E-state index contributed by atoms with van der Waals surface area (Å²) in [5.74, 6) is 2.50. The number of benzene rings is 1. The highest BCUT2D eigenvalue weighted by Gasteiger charge is 2.33. The number of ether oxygens (including phenoxy) is 3. The number of aliphatic imine (C=N–C) groups is 1. The Hall–Kier alpha value is -1.95. The number of nitrogens with zero attached hydrogens (tertiary/aromatic N) is 2. The number of methoxy groups -OCH3 is 2. The zero-order valence-electron chi connectivity index (χ0n) is 15.4. The van der Waals surface area contributed by atoms with Gasteiger partial charge in [0.25, 0.3) is 0 Å². The molecule has 0 spiro atoms. The number of rotatable bonds is 7. The molecule has 6 heteroatoms. The summed E-state index contributed by atoms with van der Waals surface area (Å²) in [6.07, 6.45) is 0. The van der Waals surface area contributed by atoms with E-state index < -0.39 is 0 Å². The first kappa shape index (κ1) is 18.4.